The van der Waals surface area contributed by atoms with E-state index in [0.717, 1.165) is 55.2 Å². The van der Waals surface area contributed by atoms with Gasteiger partial charge in [0.05, 0.1) is 27.5 Å². The Morgan fingerprint density at radius 1 is 0.314 bits per heavy atom. The number of nitrogens with zero attached hydrogens (tertiary/aromatic N) is 2. The molecule has 3 heterocycles. The number of fused-ring (bicyclic) bond motifs is 10. The van der Waals surface area contributed by atoms with Gasteiger partial charge in [0.1, 0.15) is 11.2 Å². The Bertz CT molecular complexity index is 3130. The van der Waals surface area contributed by atoms with Crippen molar-refractivity contribution < 1.29 is 4.42 Å². The Labute approximate surface area is 293 Å². The molecule has 3 aromatic heterocycles. The van der Waals surface area contributed by atoms with Gasteiger partial charge in [-0.2, -0.15) is 0 Å². The molecule has 8 aromatic carbocycles. The molecule has 3 nitrogen and oxygen atoms in total. The van der Waals surface area contributed by atoms with Gasteiger partial charge in [0.2, 0.25) is 0 Å². The smallest absolute Gasteiger partial charge is 0.145 e. The largest absolute Gasteiger partial charge is 0.455 e. The fourth-order valence-corrected chi connectivity index (χ4v) is 8.21. The standard InChI is InChI=1S/C48H30N2O/c1-3-13-31(14-4-1)33-17-11-19-35(27-33)49-42-23-9-7-21-37(42)40-29-41-45(30-44(40)49)50(36-20-12-18-34(28-36)32-15-5-2-6-16-32)43-26-25-39-38-22-8-10-24-46(38)51-48(39)47(41)43/h1-30H. The molecule has 3 heteroatoms. The monoisotopic (exact) mass is 650 g/mol. The van der Waals surface area contributed by atoms with Crippen molar-refractivity contribution in [2.24, 2.45) is 0 Å². The first-order valence-corrected chi connectivity index (χ1v) is 17.4. The number of benzene rings is 8. The zero-order valence-electron chi connectivity index (χ0n) is 27.6. The fourth-order valence-electron chi connectivity index (χ4n) is 8.21. The maximum atomic E-state index is 6.73. The van der Waals surface area contributed by atoms with Crippen LogP contribution >= 0.6 is 0 Å². The summed E-state index contributed by atoms with van der Waals surface area (Å²) >= 11 is 0. The molecular formula is C48H30N2O. The second-order valence-corrected chi connectivity index (χ2v) is 13.3. The Balaban J connectivity index is 1.27. The molecule has 0 aliphatic rings. The van der Waals surface area contributed by atoms with Crippen LogP contribution in [0.25, 0.3) is 99.2 Å². The Kier molecular flexibility index (Phi) is 5.96. The highest BCUT2D eigenvalue weighted by molar-refractivity contribution is 6.26. The van der Waals surface area contributed by atoms with Crippen LogP contribution in [0.3, 0.4) is 0 Å². The highest BCUT2D eigenvalue weighted by Crippen LogP contribution is 2.44. The van der Waals surface area contributed by atoms with E-state index >= 15 is 0 Å². The minimum absolute atomic E-state index is 0.906. The van der Waals surface area contributed by atoms with Crippen LogP contribution in [0.2, 0.25) is 0 Å². The van der Waals surface area contributed by atoms with Crippen molar-refractivity contribution >= 4 is 65.6 Å². The Morgan fingerprint density at radius 2 is 0.882 bits per heavy atom. The first-order chi connectivity index (χ1) is 25.3. The van der Waals surface area contributed by atoms with Crippen LogP contribution in [0, 0.1) is 0 Å². The maximum absolute atomic E-state index is 6.73. The molecule has 238 valence electrons. The molecule has 0 atom stereocenters. The molecule has 0 fully saturated rings. The topological polar surface area (TPSA) is 23.0 Å². The van der Waals surface area contributed by atoms with Crippen LogP contribution in [-0.2, 0) is 0 Å². The molecule has 0 spiro atoms. The molecule has 11 aromatic rings. The molecule has 0 radical (unpaired) electrons. The predicted molar refractivity (Wildman–Crippen MR) is 213 cm³/mol. The van der Waals surface area contributed by atoms with Crippen molar-refractivity contribution in [2.75, 3.05) is 0 Å². The summed E-state index contributed by atoms with van der Waals surface area (Å²) in [6, 6.07) is 65.4. The average Bonchev–Trinajstić information content (AvgIpc) is 3.85. The van der Waals surface area contributed by atoms with E-state index in [1.165, 1.54) is 43.9 Å². The van der Waals surface area contributed by atoms with Gasteiger partial charge >= 0.3 is 0 Å². The van der Waals surface area contributed by atoms with Crippen LogP contribution in [0.15, 0.2) is 186 Å². The van der Waals surface area contributed by atoms with Gasteiger partial charge < -0.3 is 13.6 Å². The zero-order valence-corrected chi connectivity index (χ0v) is 27.6. The summed E-state index contributed by atoms with van der Waals surface area (Å²) in [6.45, 7) is 0. The molecule has 0 amide bonds. The summed E-state index contributed by atoms with van der Waals surface area (Å²) in [7, 11) is 0. The Hall–Kier alpha value is -6.84. The molecule has 11 rings (SSSR count). The van der Waals surface area contributed by atoms with Crippen molar-refractivity contribution in [2.45, 2.75) is 0 Å². The number of para-hydroxylation sites is 2. The first kappa shape index (κ1) is 28.0. The van der Waals surface area contributed by atoms with E-state index in [-0.39, 0.29) is 0 Å². The third-order valence-electron chi connectivity index (χ3n) is 10.5. The van der Waals surface area contributed by atoms with Gasteiger partial charge in [-0.05, 0) is 82.9 Å². The van der Waals surface area contributed by atoms with Gasteiger partial charge in [-0.25, -0.2) is 0 Å². The van der Waals surface area contributed by atoms with E-state index < -0.39 is 0 Å². The van der Waals surface area contributed by atoms with E-state index in [2.05, 4.69) is 185 Å². The fraction of sp³-hybridized carbons (Fsp3) is 0. The lowest BCUT2D eigenvalue weighted by atomic mass is 10.0. The number of aromatic nitrogens is 2. The maximum Gasteiger partial charge on any atom is 0.145 e. The van der Waals surface area contributed by atoms with Crippen LogP contribution in [0.1, 0.15) is 0 Å². The normalized spacial score (nSPS) is 11.9. The van der Waals surface area contributed by atoms with Crippen molar-refractivity contribution in [3.63, 3.8) is 0 Å². The molecule has 0 saturated heterocycles. The number of rotatable bonds is 4. The third-order valence-corrected chi connectivity index (χ3v) is 10.5. The molecule has 0 bridgehead atoms. The lowest BCUT2D eigenvalue weighted by Crippen LogP contribution is -1.96. The van der Waals surface area contributed by atoms with Crippen LogP contribution in [-0.4, -0.2) is 9.13 Å². The van der Waals surface area contributed by atoms with E-state index in [1.807, 2.05) is 6.07 Å². The summed E-state index contributed by atoms with van der Waals surface area (Å²) in [5, 5.41) is 7.02. The number of hydrogen-bond donors (Lipinski definition) is 0. The Morgan fingerprint density at radius 3 is 1.59 bits per heavy atom. The summed E-state index contributed by atoms with van der Waals surface area (Å²) in [4.78, 5) is 0. The van der Waals surface area contributed by atoms with E-state index in [1.54, 1.807) is 0 Å². The summed E-state index contributed by atoms with van der Waals surface area (Å²) in [6.07, 6.45) is 0. The second-order valence-electron chi connectivity index (χ2n) is 13.3. The van der Waals surface area contributed by atoms with Gasteiger partial charge in [-0.15, -0.1) is 0 Å². The molecule has 0 saturated carbocycles. The van der Waals surface area contributed by atoms with E-state index in [9.17, 15) is 0 Å². The van der Waals surface area contributed by atoms with Crippen LogP contribution < -0.4 is 0 Å². The molecule has 0 aliphatic heterocycles. The minimum atomic E-state index is 0.906. The van der Waals surface area contributed by atoms with Gasteiger partial charge in [-0.1, -0.05) is 121 Å². The lowest BCUT2D eigenvalue weighted by Gasteiger charge is -2.12. The minimum Gasteiger partial charge on any atom is -0.455 e. The van der Waals surface area contributed by atoms with Crippen molar-refractivity contribution in [3.05, 3.63) is 182 Å². The predicted octanol–water partition coefficient (Wildman–Crippen LogP) is 13.1. The van der Waals surface area contributed by atoms with Gasteiger partial charge in [0, 0.05) is 38.3 Å². The zero-order chi connectivity index (χ0) is 33.5. The van der Waals surface area contributed by atoms with Crippen molar-refractivity contribution in [3.8, 4) is 33.6 Å². The van der Waals surface area contributed by atoms with Crippen molar-refractivity contribution in [1.29, 1.82) is 0 Å². The van der Waals surface area contributed by atoms with E-state index in [4.69, 9.17) is 4.42 Å². The first-order valence-electron chi connectivity index (χ1n) is 17.4. The van der Waals surface area contributed by atoms with Crippen molar-refractivity contribution in [1.82, 2.24) is 9.13 Å². The quantitative estimate of drug-likeness (QED) is 0.186. The highest BCUT2D eigenvalue weighted by atomic mass is 16.3. The summed E-state index contributed by atoms with van der Waals surface area (Å²) < 4.78 is 11.6. The third kappa shape index (κ3) is 4.19. The molecule has 0 aliphatic carbocycles. The molecular weight excluding hydrogens is 621 g/mol. The highest BCUT2D eigenvalue weighted by Gasteiger charge is 2.22. The molecule has 51 heavy (non-hydrogen) atoms. The second kappa shape index (κ2) is 10.8. The van der Waals surface area contributed by atoms with Gasteiger partial charge in [-0.3, -0.25) is 0 Å². The van der Waals surface area contributed by atoms with Gasteiger partial charge in [0.15, 0.2) is 0 Å². The van der Waals surface area contributed by atoms with Crippen LogP contribution in [0.4, 0.5) is 0 Å². The van der Waals surface area contributed by atoms with Crippen LogP contribution in [0.5, 0.6) is 0 Å². The number of furan rings is 1. The number of hydrogen-bond acceptors (Lipinski definition) is 1. The summed E-state index contributed by atoms with van der Waals surface area (Å²) in [5.74, 6) is 0. The molecule has 0 N–H and O–H groups in total. The van der Waals surface area contributed by atoms with E-state index in [0.29, 0.717) is 0 Å². The average molecular weight is 651 g/mol. The molecule has 0 unspecified atom stereocenters. The SMILES string of the molecule is c1ccc(-c2cccc(-n3c4ccccc4c4cc5c6c7oc8ccccc8c7ccc6n(-c6cccc(-c7ccccc7)c6)c5cc43)c2)cc1. The lowest BCUT2D eigenvalue weighted by molar-refractivity contribution is 0.673. The summed E-state index contributed by atoms with van der Waals surface area (Å²) in [5.41, 5.74) is 13.5. The van der Waals surface area contributed by atoms with Gasteiger partial charge in [0.25, 0.3) is 0 Å².